The van der Waals surface area contributed by atoms with Crippen molar-refractivity contribution in [1.29, 1.82) is 0 Å². The number of carboxylic acids is 1. The van der Waals surface area contributed by atoms with Crippen molar-refractivity contribution >= 4 is 29.7 Å². The number of nitrogens with two attached hydrogens (primary N) is 3. The van der Waals surface area contributed by atoms with E-state index >= 15 is 0 Å². The van der Waals surface area contributed by atoms with Crippen LogP contribution in [-0.4, -0.2) is 86.6 Å². The molecule has 1 aromatic rings. The van der Waals surface area contributed by atoms with Crippen molar-refractivity contribution in [3.8, 4) is 0 Å². The SMILES string of the molecule is CC(NC(=O)C(N)C(C)O)C(=O)NC(CCCN=C(N)N)C(=O)NC(Cc1cnc[nH]1)C(=O)O. The topological polar surface area (TPSA) is 264 Å². The predicted molar refractivity (Wildman–Crippen MR) is 121 cm³/mol. The molecule has 5 atom stereocenters. The second-order valence-electron chi connectivity index (χ2n) is 7.69. The summed E-state index contributed by atoms with van der Waals surface area (Å²) in [6.07, 6.45) is 1.99. The summed E-state index contributed by atoms with van der Waals surface area (Å²) in [5.74, 6) is -3.63. The lowest BCUT2D eigenvalue weighted by atomic mass is 10.1. The van der Waals surface area contributed by atoms with Gasteiger partial charge in [0.1, 0.15) is 24.2 Å². The summed E-state index contributed by atoms with van der Waals surface area (Å²) in [5, 5.41) is 26.1. The number of aromatic nitrogens is 2. The van der Waals surface area contributed by atoms with Crippen LogP contribution < -0.4 is 33.2 Å². The molecule has 0 saturated heterocycles. The average Bonchev–Trinajstić information content (AvgIpc) is 3.27. The number of amides is 3. The number of aromatic amines is 1. The van der Waals surface area contributed by atoms with Crippen LogP contribution in [-0.2, 0) is 25.6 Å². The summed E-state index contributed by atoms with van der Waals surface area (Å²) in [5.41, 5.74) is 16.6. The Kier molecular flexibility index (Phi) is 11.4. The molecule has 0 aromatic carbocycles. The Morgan fingerprint density at radius 3 is 2.26 bits per heavy atom. The Bertz CT molecular complexity index is 854. The maximum atomic E-state index is 12.9. The van der Waals surface area contributed by atoms with E-state index in [9.17, 15) is 29.4 Å². The maximum Gasteiger partial charge on any atom is 0.326 e. The Balaban J connectivity index is 2.87. The number of aliphatic hydroxyl groups excluding tert-OH is 1. The molecule has 1 aromatic heterocycles. The molecule has 0 saturated carbocycles. The number of hydrogen-bond acceptors (Lipinski definition) is 8. The summed E-state index contributed by atoms with van der Waals surface area (Å²) in [4.78, 5) is 59.5. The molecule has 0 fully saturated rings. The van der Waals surface area contributed by atoms with Crippen molar-refractivity contribution in [3.63, 3.8) is 0 Å². The molecule has 12 N–H and O–H groups in total. The lowest BCUT2D eigenvalue weighted by molar-refractivity contribution is -0.142. The van der Waals surface area contributed by atoms with Crippen molar-refractivity contribution in [2.24, 2.45) is 22.2 Å². The quantitative estimate of drug-likeness (QED) is 0.0709. The van der Waals surface area contributed by atoms with E-state index in [1.165, 1.54) is 26.4 Å². The van der Waals surface area contributed by atoms with E-state index in [1.807, 2.05) is 0 Å². The van der Waals surface area contributed by atoms with Crippen LogP contribution in [0.2, 0.25) is 0 Å². The van der Waals surface area contributed by atoms with Gasteiger partial charge in [-0.2, -0.15) is 0 Å². The predicted octanol–water partition coefficient (Wildman–Crippen LogP) is -3.73. The molecule has 0 radical (unpaired) electrons. The first kappa shape index (κ1) is 28.3. The fourth-order valence-electron chi connectivity index (χ4n) is 2.75. The summed E-state index contributed by atoms with van der Waals surface area (Å²) < 4.78 is 0. The fraction of sp³-hybridized carbons (Fsp3) is 0.579. The van der Waals surface area contributed by atoms with Gasteiger partial charge in [0, 0.05) is 24.9 Å². The van der Waals surface area contributed by atoms with Gasteiger partial charge in [-0.05, 0) is 26.7 Å². The maximum absolute atomic E-state index is 12.9. The Morgan fingerprint density at radius 2 is 1.74 bits per heavy atom. The van der Waals surface area contributed by atoms with E-state index in [-0.39, 0.29) is 25.3 Å². The minimum atomic E-state index is -1.29. The van der Waals surface area contributed by atoms with Gasteiger partial charge in [-0.15, -0.1) is 0 Å². The van der Waals surface area contributed by atoms with Gasteiger partial charge in [0.2, 0.25) is 17.7 Å². The lowest BCUT2D eigenvalue weighted by Crippen LogP contribution is -2.57. The Hall–Kier alpha value is -3.72. The number of H-pyrrole nitrogens is 1. The van der Waals surface area contributed by atoms with E-state index in [2.05, 4.69) is 30.9 Å². The third-order valence-electron chi connectivity index (χ3n) is 4.75. The summed E-state index contributed by atoms with van der Waals surface area (Å²) in [7, 11) is 0. The highest BCUT2D eigenvalue weighted by molar-refractivity contribution is 5.94. The number of carbonyl (C=O) groups is 4. The molecule has 0 bridgehead atoms. The van der Waals surface area contributed by atoms with Crippen LogP contribution in [0.25, 0.3) is 0 Å². The zero-order chi connectivity index (χ0) is 25.8. The molecule has 34 heavy (non-hydrogen) atoms. The highest BCUT2D eigenvalue weighted by Gasteiger charge is 2.29. The molecule has 1 rings (SSSR count). The van der Waals surface area contributed by atoms with Gasteiger partial charge in [-0.1, -0.05) is 0 Å². The first-order chi connectivity index (χ1) is 15.9. The number of guanidine groups is 1. The highest BCUT2D eigenvalue weighted by atomic mass is 16.4. The van der Waals surface area contributed by atoms with Gasteiger partial charge in [-0.3, -0.25) is 19.4 Å². The summed E-state index contributed by atoms with van der Waals surface area (Å²) in [6, 6.07) is -4.76. The number of rotatable bonds is 14. The van der Waals surface area contributed by atoms with Crippen LogP contribution in [0.3, 0.4) is 0 Å². The number of carbonyl (C=O) groups excluding carboxylic acids is 3. The third-order valence-corrected chi connectivity index (χ3v) is 4.75. The molecule has 190 valence electrons. The Morgan fingerprint density at radius 1 is 1.09 bits per heavy atom. The number of aliphatic hydroxyl groups is 1. The molecule has 0 spiro atoms. The van der Waals surface area contributed by atoms with Crippen LogP contribution in [0.4, 0.5) is 0 Å². The largest absolute Gasteiger partial charge is 0.480 e. The monoisotopic (exact) mass is 483 g/mol. The molecule has 3 amide bonds. The van der Waals surface area contributed by atoms with Crippen LogP contribution in [0, 0.1) is 0 Å². The molecule has 15 nitrogen and oxygen atoms in total. The average molecular weight is 484 g/mol. The number of aliphatic imine (C=N–C) groups is 1. The fourth-order valence-corrected chi connectivity index (χ4v) is 2.75. The van der Waals surface area contributed by atoms with Crippen LogP contribution in [0.5, 0.6) is 0 Å². The van der Waals surface area contributed by atoms with E-state index in [1.54, 1.807) is 0 Å². The van der Waals surface area contributed by atoms with Crippen LogP contribution in [0.15, 0.2) is 17.5 Å². The first-order valence-corrected chi connectivity index (χ1v) is 10.5. The molecule has 1 heterocycles. The van der Waals surface area contributed by atoms with Gasteiger partial charge < -0.3 is 48.3 Å². The van der Waals surface area contributed by atoms with Gasteiger partial charge in [-0.25, -0.2) is 9.78 Å². The Labute approximate surface area is 195 Å². The normalized spacial score (nSPS) is 15.2. The second kappa shape index (κ2) is 13.7. The van der Waals surface area contributed by atoms with E-state index in [4.69, 9.17) is 17.2 Å². The van der Waals surface area contributed by atoms with E-state index < -0.39 is 54.0 Å². The van der Waals surface area contributed by atoms with Crippen molar-refractivity contribution in [2.45, 2.75) is 63.4 Å². The van der Waals surface area contributed by atoms with E-state index in [0.717, 1.165) is 0 Å². The number of imidazole rings is 1. The van der Waals surface area contributed by atoms with Crippen molar-refractivity contribution in [2.75, 3.05) is 6.54 Å². The summed E-state index contributed by atoms with van der Waals surface area (Å²) in [6.45, 7) is 2.87. The number of aliphatic carboxylic acids is 1. The third kappa shape index (κ3) is 9.83. The van der Waals surface area contributed by atoms with Gasteiger partial charge in [0.05, 0.1) is 12.4 Å². The minimum absolute atomic E-state index is 0.0561. The zero-order valence-electron chi connectivity index (χ0n) is 19.0. The molecule has 0 aliphatic carbocycles. The first-order valence-electron chi connectivity index (χ1n) is 10.5. The molecule has 0 aliphatic rings. The van der Waals surface area contributed by atoms with Gasteiger partial charge >= 0.3 is 5.97 Å². The smallest absolute Gasteiger partial charge is 0.326 e. The lowest BCUT2D eigenvalue weighted by Gasteiger charge is -2.24. The number of hydrogen-bond donors (Lipinski definition) is 9. The van der Waals surface area contributed by atoms with Crippen molar-refractivity contribution < 1.29 is 29.4 Å². The number of nitrogens with zero attached hydrogens (tertiary/aromatic N) is 2. The molecule has 0 aliphatic heterocycles. The van der Waals surface area contributed by atoms with Crippen LogP contribution >= 0.6 is 0 Å². The molecular weight excluding hydrogens is 450 g/mol. The van der Waals surface area contributed by atoms with Crippen molar-refractivity contribution in [1.82, 2.24) is 25.9 Å². The van der Waals surface area contributed by atoms with Gasteiger partial charge in [0.15, 0.2) is 5.96 Å². The standard InChI is InChI=1S/C19H33N9O6/c1-9(26-17(32)14(20)10(2)29)15(30)27-12(4-3-5-24-19(21)22)16(31)28-13(18(33)34)6-11-7-23-8-25-11/h7-10,12-14,29H,3-6,20H2,1-2H3,(H,23,25)(H,26,32)(H,27,30)(H,28,31)(H,33,34)(H4,21,22,24). The minimum Gasteiger partial charge on any atom is -0.480 e. The molecule has 15 heteroatoms. The molecule has 5 unspecified atom stereocenters. The van der Waals surface area contributed by atoms with E-state index in [0.29, 0.717) is 12.1 Å². The van der Waals surface area contributed by atoms with Crippen LogP contribution in [0.1, 0.15) is 32.4 Å². The highest BCUT2D eigenvalue weighted by Crippen LogP contribution is 2.04. The molecular formula is C19H33N9O6. The zero-order valence-corrected chi connectivity index (χ0v) is 19.0. The van der Waals surface area contributed by atoms with Crippen molar-refractivity contribution in [3.05, 3.63) is 18.2 Å². The number of nitrogens with one attached hydrogen (secondary N) is 4. The second-order valence-corrected chi connectivity index (χ2v) is 7.69. The summed E-state index contributed by atoms with van der Waals surface area (Å²) >= 11 is 0. The number of carboxylic acid groups (broad SMARTS) is 1. The van der Waals surface area contributed by atoms with Gasteiger partial charge in [0.25, 0.3) is 0 Å².